The Labute approximate surface area is 436 Å². The monoisotopic (exact) mass is 1040 g/mol. The third-order valence-electron chi connectivity index (χ3n) is 14.3. The maximum Gasteiger partial charge on any atom is 0.306 e. The number of ether oxygens (including phenoxy) is 1. The molecule has 2 saturated heterocycles. The predicted molar refractivity (Wildman–Crippen MR) is 284 cm³/mol. The molecule has 4 aromatic heterocycles. The molecular weight excluding hydrogens is 979 g/mol. The number of aliphatic imine (C=N–C) groups is 1. The van der Waals surface area contributed by atoms with E-state index in [4.69, 9.17) is 14.1 Å². The van der Waals surface area contributed by atoms with Gasteiger partial charge in [0.05, 0.1) is 46.9 Å². The van der Waals surface area contributed by atoms with E-state index in [1.807, 2.05) is 100 Å². The van der Waals surface area contributed by atoms with Gasteiger partial charge < -0.3 is 39.8 Å². The largest absolute Gasteiger partial charge is 0.488 e. The first-order valence-corrected chi connectivity index (χ1v) is 26.5. The summed E-state index contributed by atoms with van der Waals surface area (Å²) in [5.41, 5.74) is 9.07. The first-order valence-electron chi connectivity index (χ1n) is 24.8. The second-order valence-electron chi connectivity index (χ2n) is 20.6. The lowest BCUT2D eigenvalue weighted by Crippen LogP contribution is -2.57. The Bertz CT molecular complexity index is 3330. The number of rotatable bonds is 13. The molecule has 4 N–H and O–H groups in total. The Morgan fingerprint density at radius 1 is 0.932 bits per heavy atom. The zero-order chi connectivity index (χ0) is 52.3. The fraction of sp³-hybridized carbons (Fsp3) is 0.382. The highest BCUT2D eigenvalue weighted by Gasteiger charge is 2.45. The third kappa shape index (κ3) is 9.82. The average Bonchev–Trinajstić information content (AvgIpc) is 4.24. The standard InChI is InChI=1S/C55H59N9O8S2/c1-28-31(4)74-54-46(28)47(58-41(24-45(66)67)50-61-60-32(5)64(50)54)34-13-15-37(16-14-34)62-20-19-40(26-62)71-39-17-18-43-36(21-39)22-44(72-43)52(69)59-49(55(6,7)8)53(70)63-25-38(65)23-42(63)51(68)57-29(2)33-9-11-35(12-10-33)48-30(3)56-27-73-48/h9-18,21-22,27,29,38,40-42,49,65H,19-20,23-26H2,1-8H3,(H,57,68)(H,59,69)(H,66,67)/t29?,38-,40-,41+,42+,49?/m1/s1. The van der Waals surface area contributed by atoms with Crippen LogP contribution in [-0.4, -0.2) is 108 Å². The van der Waals surface area contributed by atoms with Crippen LogP contribution in [0.4, 0.5) is 5.69 Å². The number of thiazole rings is 1. The molecule has 2 unspecified atom stereocenters. The second kappa shape index (κ2) is 19.9. The number of thiophene rings is 1. The van der Waals surface area contributed by atoms with E-state index in [1.165, 1.54) is 4.90 Å². The predicted octanol–water partition coefficient (Wildman–Crippen LogP) is 8.44. The van der Waals surface area contributed by atoms with Gasteiger partial charge in [-0.3, -0.25) is 28.7 Å². The molecule has 3 aliphatic heterocycles. The summed E-state index contributed by atoms with van der Waals surface area (Å²) in [6, 6.07) is 20.1. The van der Waals surface area contributed by atoms with Crippen LogP contribution < -0.4 is 20.3 Å². The van der Waals surface area contributed by atoms with E-state index in [0.29, 0.717) is 34.9 Å². The Hall–Kier alpha value is -7.22. The normalized spacial score (nSPS) is 19.4. The van der Waals surface area contributed by atoms with Crippen molar-refractivity contribution >= 4 is 68.7 Å². The summed E-state index contributed by atoms with van der Waals surface area (Å²) in [4.78, 5) is 69.5. The van der Waals surface area contributed by atoms with Crippen molar-refractivity contribution < 1.29 is 38.5 Å². The maximum absolute atomic E-state index is 14.4. The van der Waals surface area contributed by atoms with Gasteiger partial charge in [-0.1, -0.05) is 57.2 Å². The topological polar surface area (TPSA) is 218 Å². The van der Waals surface area contributed by atoms with Crippen molar-refractivity contribution in [2.45, 2.75) is 111 Å². The van der Waals surface area contributed by atoms with Gasteiger partial charge in [-0.25, -0.2) is 4.98 Å². The number of nitrogens with one attached hydrogen (secondary N) is 2. The highest BCUT2D eigenvalue weighted by molar-refractivity contribution is 7.15. The molecule has 10 rings (SSSR count). The van der Waals surface area contributed by atoms with Crippen LogP contribution in [0.25, 0.3) is 26.4 Å². The summed E-state index contributed by atoms with van der Waals surface area (Å²) in [6.07, 6.45) is -0.403. The van der Waals surface area contributed by atoms with E-state index >= 15 is 0 Å². The molecule has 6 atom stereocenters. The van der Waals surface area contributed by atoms with E-state index in [2.05, 4.69) is 56.7 Å². The van der Waals surface area contributed by atoms with Crippen LogP contribution in [0.1, 0.15) is 114 Å². The van der Waals surface area contributed by atoms with Crippen molar-refractivity contribution in [3.05, 3.63) is 129 Å². The van der Waals surface area contributed by atoms with Crippen LogP contribution in [0, 0.1) is 33.1 Å². The summed E-state index contributed by atoms with van der Waals surface area (Å²) in [6.45, 7) is 16.7. The van der Waals surface area contributed by atoms with E-state index < -0.39 is 47.4 Å². The molecule has 3 aliphatic rings. The lowest BCUT2D eigenvalue weighted by Gasteiger charge is -2.35. The van der Waals surface area contributed by atoms with Crippen LogP contribution in [0.3, 0.4) is 0 Å². The van der Waals surface area contributed by atoms with Gasteiger partial charge in [-0.05, 0) is 93.1 Å². The van der Waals surface area contributed by atoms with E-state index in [9.17, 15) is 29.4 Å². The number of aromatic nitrogens is 4. The molecule has 7 aromatic rings. The molecule has 0 radical (unpaired) electrons. The lowest BCUT2D eigenvalue weighted by atomic mass is 9.85. The highest BCUT2D eigenvalue weighted by atomic mass is 32.1. The molecule has 3 aromatic carbocycles. The van der Waals surface area contributed by atoms with Gasteiger partial charge >= 0.3 is 5.97 Å². The van der Waals surface area contributed by atoms with Crippen LogP contribution >= 0.6 is 22.7 Å². The number of carbonyl (C=O) groups is 4. The molecule has 3 amide bonds. The number of fused-ring (bicyclic) bond motifs is 4. The summed E-state index contributed by atoms with van der Waals surface area (Å²) >= 11 is 3.20. The molecule has 74 heavy (non-hydrogen) atoms. The fourth-order valence-electron chi connectivity index (χ4n) is 10.2. The first-order chi connectivity index (χ1) is 35.3. The van der Waals surface area contributed by atoms with Crippen LogP contribution in [-0.2, 0) is 14.4 Å². The number of benzene rings is 3. The van der Waals surface area contributed by atoms with Crippen molar-refractivity contribution in [1.82, 2.24) is 35.3 Å². The summed E-state index contributed by atoms with van der Waals surface area (Å²) in [5, 5.41) is 36.8. The van der Waals surface area contributed by atoms with Crippen LogP contribution in [0.5, 0.6) is 5.75 Å². The average molecular weight is 1040 g/mol. The number of aryl methyl sites for hydroxylation is 3. The first kappa shape index (κ1) is 50.3. The number of nitrogens with zero attached hydrogens (tertiary/aromatic N) is 7. The van der Waals surface area contributed by atoms with Crippen LogP contribution in [0.15, 0.2) is 87.7 Å². The van der Waals surface area contributed by atoms with Gasteiger partial charge in [0.2, 0.25) is 11.8 Å². The van der Waals surface area contributed by atoms with Crippen molar-refractivity contribution in [2.75, 3.05) is 24.5 Å². The molecule has 0 aliphatic carbocycles. The van der Waals surface area contributed by atoms with Gasteiger partial charge in [0.1, 0.15) is 46.4 Å². The number of carboxylic acid groups (broad SMARTS) is 1. The zero-order valence-electron chi connectivity index (χ0n) is 42.5. The molecule has 2 fully saturated rings. The molecule has 384 valence electrons. The zero-order valence-corrected chi connectivity index (χ0v) is 44.1. The number of hydrogen-bond acceptors (Lipinski definition) is 14. The number of aliphatic carboxylic acids is 1. The minimum atomic E-state index is -1.05. The third-order valence-corrected chi connectivity index (χ3v) is 16.5. The van der Waals surface area contributed by atoms with Crippen molar-refractivity contribution in [3.63, 3.8) is 0 Å². The van der Waals surface area contributed by atoms with E-state index in [-0.39, 0.29) is 43.2 Å². The minimum absolute atomic E-state index is 0.0154. The quantitative estimate of drug-likeness (QED) is 0.0856. The summed E-state index contributed by atoms with van der Waals surface area (Å²) in [7, 11) is 0. The highest BCUT2D eigenvalue weighted by Crippen LogP contribution is 2.40. The summed E-state index contributed by atoms with van der Waals surface area (Å²) < 4.78 is 14.5. The van der Waals surface area contributed by atoms with E-state index in [0.717, 1.165) is 72.6 Å². The van der Waals surface area contributed by atoms with E-state index in [1.54, 1.807) is 34.8 Å². The SMILES string of the molecule is Cc1ncsc1-c1ccc(C(C)NC(=O)[C@@H]2C[C@@H](O)CN2C(=O)C(NC(=O)c2cc3cc(O[C@@H]4CCN(c5ccc(C6=N[C@@H](CC(=O)O)c7nnc(C)n7-c7sc(C)c(C)c76)cc5)C4)ccc3o2)C(C)(C)C)cc1. The number of aliphatic hydroxyl groups is 1. The molecule has 7 heterocycles. The molecule has 17 nitrogen and oxygen atoms in total. The van der Waals surface area contributed by atoms with Gasteiger partial charge in [0, 0.05) is 53.0 Å². The number of anilines is 1. The number of carboxylic acids is 1. The van der Waals surface area contributed by atoms with Gasteiger partial charge in [0.25, 0.3) is 5.91 Å². The smallest absolute Gasteiger partial charge is 0.306 e. The fourth-order valence-corrected chi connectivity index (χ4v) is 12.2. The maximum atomic E-state index is 14.4. The number of hydrogen-bond donors (Lipinski definition) is 4. The Morgan fingerprint density at radius 2 is 1.68 bits per heavy atom. The van der Waals surface area contributed by atoms with Gasteiger partial charge in [0.15, 0.2) is 11.6 Å². The second-order valence-corrected chi connectivity index (χ2v) is 22.7. The number of likely N-dealkylation sites (tertiary alicyclic amines) is 1. The van der Waals surface area contributed by atoms with Crippen molar-refractivity contribution in [3.8, 4) is 21.2 Å². The number of β-amino-alcohol motifs (C(OH)–C–C–N with tert-alkyl or cyclic N) is 1. The molecule has 0 bridgehead atoms. The number of furan rings is 1. The minimum Gasteiger partial charge on any atom is -0.488 e. The van der Waals surface area contributed by atoms with Gasteiger partial charge in [-0.15, -0.1) is 32.9 Å². The number of carbonyl (C=O) groups excluding carboxylic acids is 3. The summed E-state index contributed by atoms with van der Waals surface area (Å²) in [5.74, 6) is -0.586. The molecule has 0 saturated carbocycles. The molecule has 19 heteroatoms. The molecule has 0 spiro atoms. The van der Waals surface area contributed by atoms with Crippen molar-refractivity contribution in [1.29, 1.82) is 0 Å². The Kier molecular flexibility index (Phi) is 13.5. The molecular formula is C55H59N9O8S2. The number of aliphatic hydroxyl groups excluding tert-OH is 1. The Balaban J connectivity index is 0.782. The lowest BCUT2D eigenvalue weighted by molar-refractivity contribution is -0.142. The van der Waals surface area contributed by atoms with Gasteiger partial charge in [-0.2, -0.15) is 0 Å². The van der Waals surface area contributed by atoms with Crippen molar-refractivity contribution in [2.24, 2.45) is 10.4 Å². The number of amides is 3. The van der Waals surface area contributed by atoms with Crippen LogP contribution in [0.2, 0.25) is 0 Å². The Morgan fingerprint density at radius 3 is 2.38 bits per heavy atom.